The second-order valence-corrected chi connectivity index (χ2v) is 4.51. The Hall–Kier alpha value is -1.49. The molecule has 0 spiro atoms. The van der Waals surface area contributed by atoms with E-state index in [0.29, 0.717) is 12.1 Å². The van der Waals surface area contributed by atoms with E-state index in [4.69, 9.17) is 0 Å². The first-order valence-corrected chi connectivity index (χ1v) is 6.09. The van der Waals surface area contributed by atoms with E-state index in [-0.39, 0.29) is 18.4 Å². The van der Waals surface area contributed by atoms with Crippen LogP contribution in [0.15, 0.2) is 18.2 Å². The van der Waals surface area contributed by atoms with Gasteiger partial charge in [-0.1, -0.05) is 6.07 Å². The standard InChI is InChI=1S/C13H16F2N2O/c14-11-4-3-9(6-12(11)15)7-17-13(18)10-2-1-5-16-8-10/h3-4,6,10,16H,1-2,5,7-8H2,(H,17,18)/t10-/m1/s1. The van der Waals surface area contributed by atoms with Gasteiger partial charge in [-0.2, -0.15) is 0 Å². The number of piperidine rings is 1. The molecule has 1 heterocycles. The van der Waals surface area contributed by atoms with Gasteiger partial charge in [0, 0.05) is 13.1 Å². The number of halogens is 2. The summed E-state index contributed by atoms with van der Waals surface area (Å²) in [7, 11) is 0. The molecule has 1 saturated heterocycles. The fourth-order valence-electron chi connectivity index (χ4n) is 2.06. The molecule has 0 aliphatic carbocycles. The molecule has 1 atom stereocenters. The van der Waals surface area contributed by atoms with Crippen molar-refractivity contribution in [3.8, 4) is 0 Å². The third-order valence-corrected chi connectivity index (χ3v) is 3.12. The van der Waals surface area contributed by atoms with Gasteiger partial charge >= 0.3 is 0 Å². The second-order valence-electron chi connectivity index (χ2n) is 4.51. The van der Waals surface area contributed by atoms with Crippen molar-refractivity contribution in [3.63, 3.8) is 0 Å². The number of hydrogen-bond acceptors (Lipinski definition) is 2. The molecule has 2 rings (SSSR count). The lowest BCUT2D eigenvalue weighted by atomic mass is 9.99. The Kier molecular flexibility index (Phi) is 4.25. The second kappa shape index (κ2) is 5.91. The lowest BCUT2D eigenvalue weighted by Gasteiger charge is -2.21. The maximum atomic E-state index is 13.0. The lowest BCUT2D eigenvalue weighted by molar-refractivity contribution is -0.125. The Bertz CT molecular complexity index is 431. The highest BCUT2D eigenvalue weighted by Gasteiger charge is 2.20. The largest absolute Gasteiger partial charge is 0.352 e. The maximum absolute atomic E-state index is 13.0. The molecular formula is C13H16F2N2O. The quantitative estimate of drug-likeness (QED) is 0.860. The molecule has 1 aliphatic rings. The molecule has 1 fully saturated rings. The summed E-state index contributed by atoms with van der Waals surface area (Å²) in [4.78, 5) is 11.8. The smallest absolute Gasteiger partial charge is 0.224 e. The summed E-state index contributed by atoms with van der Waals surface area (Å²) >= 11 is 0. The monoisotopic (exact) mass is 254 g/mol. The van der Waals surface area contributed by atoms with Crippen LogP contribution >= 0.6 is 0 Å². The van der Waals surface area contributed by atoms with Crippen molar-refractivity contribution >= 4 is 5.91 Å². The first kappa shape index (κ1) is 13.0. The topological polar surface area (TPSA) is 41.1 Å². The Morgan fingerprint density at radius 1 is 1.39 bits per heavy atom. The summed E-state index contributed by atoms with van der Waals surface area (Å²) in [5.74, 6) is -1.82. The van der Waals surface area contributed by atoms with E-state index in [9.17, 15) is 13.6 Å². The molecular weight excluding hydrogens is 238 g/mol. The molecule has 1 amide bonds. The molecule has 2 N–H and O–H groups in total. The highest BCUT2D eigenvalue weighted by atomic mass is 19.2. The van der Waals surface area contributed by atoms with Gasteiger partial charge in [0.15, 0.2) is 11.6 Å². The molecule has 98 valence electrons. The molecule has 0 unspecified atom stereocenters. The number of amides is 1. The van der Waals surface area contributed by atoms with Crippen LogP contribution < -0.4 is 10.6 Å². The van der Waals surface area contributed by atoms with E-state index in [1.54, 1.807) is 0 Å². The lowest BCUT2D eigenvalue weighted by Crippen LogP contribution is -2.40. The summed E-state index contributed by atoms with van der Waals surface area (Å²) in [5.41, 5.74) is 0.561. The fourth-order valence-corrected chi connectivity index (χ4v) is 2.06. The van der Waals surface area contributed by atoms with E-state index in [2.05, 4.69) is 10.6 Å². The molecule has 0 saturated carbocycles. The Labute approximate surface area is 105 Å². The normalized spacial score (nSPS) is 19.6. The highest BCUT2D eigenvalue weighted by molar-refractivity contribution is 5.78. The summed E-state index contributed by atoms with van der Waals surface area (Å²) in [6.07, 6.45) is 1.86. The number of rotatable bonds is 3. The van der Waals surface area contributed by atoms with E-state index >= 15 is 0 Å². The van der Waals surface area contributed by atoms with E-state index in [1.165, 1.54) is 6.07 Å². The summed E-state index contributed by atoms with van der Waals surface area (Å²) in [6.45, 7) is 1.86. The molecule has 1 aromatic rings. The molecule has 0 bridgehead atoms. The van der Waals surface area contributed by atoms with Crippen LogP contribution in [0.5, 0.6) is 0 Å². The van der Waals surface area contributed by atoms with Crippen molar-refractivity contribution in [2.24, 2.45) is 5.92 Å². The fraction of sp³-hybridized carbons (Fsp3) is 0.462. The van der Waals surface area contributed by atoms with Gasteiger partial charge in [-0.15, -0.1) is 0 Å². The van der Waals surface area contributed by atoms with Gasteiger partial charge in [-0.05, 0) is 37.1 Å². The summed E-state index contributed by atoms with van der Waals surface area (Å²) in [6, 6.07) is 3.64. The third-order valence-electron chi connectivity index (χ3n) is 3.12. The van der Waals surface area contributed by atoms with Crippen molar-refractivity contribution in [3.05, 3.63) is 35.4 Å². The minimum absolute atomic E-state index is 0.0240. The van der Waals surface area contributed by atoms with Gasteiger partial charge in [-0.3, -0.25) is 4.79 Å². The number of nitrogens with one attached hydrogen (secondary N) is 2. The first-order valence-electron chi connectivity index (χ1n) is 6.09. The molecule has 3 nitrogen and oxygen atoms in total. The van der Waals surface area contributed by atoms with Crippen LogP contribution in [0.1, 0.15) is 18.4 Å². The molecule has 1 aliphatic heterocycles. The van der Waals surface area contributed by atoms with E-state index < -0.39 is 11.6 Å². The van der Waals surface area contributed by atoms with Crippen molar-refractivity contribution in [1.82, 2.24) is 10.6 Å². The van der Waals surface area contributed by atoms with Crippen molar-refractivity contribution in [1.29, 1.82) is 0 Å². The molecule has 5 heteroatoms. The summed E-state index contributed by atoms with van der Waals surface area (Å²) < 4.78 is 25.7. The third kappa shape index (κ3) is 3.26. The Morgan fingerprint density at radius 2 is 2.22 bits per heavy atom. The van der Waals surface area contributed by atoms with Crippen LogP contribution in [0.3, 0.4) is 0 Å². The number of hydrogen-bond donors (Lipinski definition) is 2. The van der Waals surface area contributed by atoms with Crippen molar-refractivity contribution in [2.75, 3.05) is 13.1 Å². The zero-order valence-corrected chi connectivity index (χ0v) is 10.0. The van der Waals surface area contributed by atoms with E-state index in [1.807, 2.05) is 0 Å². The number of carbonyl (C=O) groups excluding carboxylic acids is 1. The molecule has 0 radical (unpaired) electrons. The van der Waals surface area contributed by atoms with Gasteiger partial charge in [0.2, 0.25) is 5.91 Å². The number of benzene rings is 1. The average molecular weight is 254 g/mol. The number of carbonyl (C=O) groups is 1. The van der Waals surface area contributed by atoms with Gasteiger partial charge in [-0.25, -0.2) is 8.78 Å². The van der Waals surface area contributed by atoms with Crippen LogP contribution in [0.2, 0.25) is 0 Å². The molecule has 1 aromatic carbocycles. The van der Waals surface area contributed by atoms with Crippen molar-refractivity contribution < 1.29 is 13.6 Å². The maximum Gasteiger partial charge on any atom is 0.224 e. The molecule has 18 heavy (non-hydrogen) atoms. The minimum atomic E-state index is -0.888. The SMILES string of the molecule is O=C(NCc1ccc(F)c(F)c1)[C@@H]1CCCNC1. The van der Waals surface area contributed by atoms with Gasteiger partial charge in [0.1, 0.15) is 0 Å². The predicted octanol–water partition coefficient (Wildman–Crippen LogP) is 1.58. The first-order chi connectivity index (χ1) is 8.66. The molecule has 0 aromatic heterocycles. The van der Waals surface area contributed by atoms with Crippen LogP contribution in [0.25, 0.3) is 0 Å². The van der Waals surface area contributed by atoms with Crippen LogP contribution in [-0.2, 0) is 11.3 Å². The predicted molar refractivity (Wildman–Crippen MR) is 63.8 cm³/mol. The zero-order chi connectivity index (χ0) is 13.0. The van der Waals surface area contributed by atoms with E-state index in [0.717, 1.165) is 31.5 Å². The average Bonchev–Trinajstić information content (AvgIpc) is 2.41. The van der Waals surface area contributed by atoms with Crippen LogP contribution in [0.4, 0.5) is 8.78 Å². The van der Waals surface area contributed by atoms with Crippen LogP contribution in [0, 0.1) is 17.6 Å². The zero-order valence-electron chi connectivity index (χ0n) is 10.0. The van der Waals surface area contributed by atoms with Gasteiger partial charge < -0.3 is 10.6 Å². The highest BCUT2D eigenvalue weighted by Crippen LogP contribution is 2.11. The summed E-state index contributed by atoms with van der Waals surface area (Å²) in [5, 5.41) is 5.91. The van der Waals surface area contributed by atoms with Crippen molar-refractivity contribution in [2.45, 2.75) is 19.4 Å². The minimum Gasteiger partial charge on any atom is -0.352 e. The Morgan fingerprint density at radius 3 is 2.89 bits per heavy atom. The van der Waals surface area contributed by atoms with Gasteiger partial charge in [0.25, 0.3) is 0 Å². The van der Waals surface area contributed by atoms with Crippen LogP contribution in [-0.4, -0.2) is 19.0 Å². The van der Waals surface area contributed by atoms with Gasteiger partial charge in [0.05, 0.1) is 5.92 Å². The Balaban J connectivity index is 1.86.